The molecule has 0 saturated carbocycles. The Bertz CT molecular complexity index is 745. The van der Waals surface area contributed by atoms with Crippen LogP contribution in [-0.2, 0) is 16.4 Å². The average molecular weight is 341 g/mol. The lowest BCUT2D eigenvalue weighted by Crippen LogP contribution is -2.11. The third-order valence-electron chi connectivity index (χ3n) is 3.18. The zero-order valence-corrected chi connectivity index (χ0v) is 13.5. The zero-order valence-electron chi connectivity index (χ0n) is 12.7. The van der Waals surface area contributed by atoms with Crippen molar-refractivity contribution < 1.29 is 17.2 Å². The molecule has 124 valence electrons. The Kier molecular flexibility index (Phi) is 5.15. The minimum absolute atomic E-state index is 0.393. The first-order valence-electron chi connectivity index (χ1n) is 6.79. The first kappa shape index (κ1) is 17.1. The Morgan fingerprint density at radius 1 is 1.13 bits per heavy atom. The molecule has 0 spiro atoms. The van der Waals surface area contributed by atoms with E-state index in [1.807, 2.05) is 31.1 Å². The molecule has 0 aliphatic heterocycles. The van der Waals surface area contributed by atoms with Gasteiger partial charge in [-0.25, -0.2) is 13.4 Å². The van der Waals surface area contributed by atoms with Crippen LogP contribution in [0.15, 0.2) is 47.5 Å². The van der Waals surface area contributed by atoms with Crippen LogP contribution in [0.5, 0.6) is 0 Å². The number of hydrogen-bond acceptors (Lipinski definition) is 5. The maximum Gasteiger partial charge on any atom is 0.341 e. The minimum atomic E-state index is -4.55. The third kappa shape index (κ3) is 4.16. The number of anilines is 2. The first-order chi connectivity index (χ1) is 10.8. The summed E-state index contributed by atoms with van der Waals surface area (Å²) in [4.78, 5) is 5.77. The largest absolute Gasteiger partial charge is 0.381 e. The van der Waals surface area contributed by atoms with Gasteiger partial charge < -0.3 is 10.2 Å². The van der Waals surface area contributed by atoms with Gasteiger partial charge in [-0.1, -0.05) is 6.07 Å². The van der Waals surface area contributed by atoms with Gasteiger partial charge in [0.15, 0.2) is 0 Å². The highest BCUT2D eigenvalue weighted by atomic mass is 32.2. The van der Waals surface area contributed by atoms with Crippen molar-refractivity contribution in [2.24, 2.45) is 0 Å². The predicted molar refractivity (Wildman–Crippen MR) is 85.5 cm³/mol. The van der Waals surface area contributed by atoms with E-state index >= 15 is 0 Å². The monoisotopic (exact) mass is 341 g/mol. The zero-order chi connectivity index (χ0) is 17.0. The van der Waals surface area contributed by atoms with Crippen molar-refractivity contribution in [2.45, 2.75) is 17.2 Å². The molecular formula is C15H17F2N3O2S. The van der Waals surface area contributed by atoms with Gasteiger partial charge in [0.25, 0.3) is 0 Å². The van der Waals surface area contributed by atoms with Gasteiger partial charge in [-0.15, -0.1) is 0 Å². The fraction of sp³-hybridized carbons (Fsp3) is 0.267. The second kappa shape index (κ2) is 6.91. The molecule has 0 saturated heterocycles. The topological polar surface area (TPSA) is 62.3 Å². The molecule has 0 aliphatic rings. The summed E-state index contributed by atoms with van der Waals surface area (Å²) in [7, 11) is -0.753. The van der Waals surface area contributed by atoms with Crippen LogP contribution in [0.4, 0.5) is 20.3 Å². The number of halogens is 2. The van der Waals surface area contributed by atoms with Crippen molar-refractivity contribution in [3.05, 3.63) is 48.2 Å². The maximum absolute atomic E-state index is 12.4. The van der Waals surface area contributed by atoms with E-state index in [9.17, 15) is 17.2 Å². The number of pyridine rings is 1. The molecule has 0 atom stereocenters. The summed E-state index contributed by atoms with van der Waals surface area (Å²) < 4.78 is 47.5. The van der Waals surface area contributed by atoms with Crippen LogP contribution in [0.2, 0.25) is 0 Å². The number of nitrogens with zero attached hydrogens (tertiary/aromatic N) is 2. The lowest BCUT2D eigenvalue weighted by atomic mass is 10.2. The van der Waals surface area contributed by atoms with Crippen LogP contribution in [0, 0.1) is 0 Å². The molecule has 0 amide bonds. The number of nitrogens with one attached hydrogen (secondary N) is 1. The van der Waals surface area contributed by atoms with Crippen LogP contribution >= 0.6 is 0 Å². The van der Waals surface area contributed by atoms with E-state index in [1.165, 1.54) is 12.1 Å². The Hall–Kier alpha value is -2.22. The lowest BCUT2D eigenvalue weighted by molar-refractivity contribution is 0.234. The highest BCUT2D eigenvalue weighted by Gasteiger charge is 2.26. The summed E-state index contributed by atoms with van der Waals surface area (Å²) in [5.41, 5.74) is 1.58. The normalized spacial score (nSPS) is 11.5. The van der Waals surface area contributed by atoms with Crippen molar-refractivity contribution in [2.75, 3.05) is 24.3 Å². The molecule has 1 aromatic carbocycles. The van der Waals surface area contributed by atoms with Gasteiger partial charge in [-0.3, -0.25) is 0 Å². The van der Waals surface area contributed by atoms with Gasteiger partial charge in [0.05, 0.1) is 4.90 Å². The van der Waals surface area contributed by atoms with Gasteiger partial charge in [0, 0.05) is 32.5 Å². The van der Waals surface area contributed by atoms with Gasteiger partial charge in [-0.2, -0.15) is 8.78 Å². The standard InChI is InChI=1S/C15H17F2N3O2S/c1-20(2)14-8-3-11(10-19-14)9-18-12-4-6-13(7-5-12)23(21,22)15(16)17/h3-8,10,15,18H,9H2,1-2H3. The molecule has 1 aromatic heterocycles. The summed E-state index contributed by atoms with van der Waals surface area (Å²) in [6, 6.07) is 9.04. The summed E-state index contributed by atoms with van der Waals surface area (Å²) in [5.74, 6) is -2.57. The van der Waals surface area contributed by atoms with Crippen molar-refractivity contribution in [1.29, 1.82) is 0 Å². The molecule has 0 aliphatic carbocycles. The van der Waals surface area contributed by atoms with E-state index in [0.29, 0.717) is 12.2 Å². The molecule has 0 bridgehead atoms. The molecule has 0 radical (unpaired) electrons. The number of alkyl halides is 2. The van der Waals surface area contributed by atoms with Gasteiger partial charge in [-0.05, 0) is 35.9 Å². The van der Waals surface area contributed by atoms with E-state index in [-0.39, 0.29) is 0 Å². The molecule has 23 heavy (non-hydrogen) atoms. The molecular weight excluding hydrogens is 324 g/mol. The number of rotatable bonds is 6. The van der Waals surface area contributed by atoms with E-state index in [1.54, 1.807) is 6.20 Å². The van der Waals surface area contributed by atoms with Crippen LogP contribution in [0.1, 0.15) is 5.56 Å². The second-order valence-corrected chi connectivity index (χ2v) is 7.02. The number of sulfone groups is 1. The molecule has 0 unspecified atom stereocenters. The molecule has 1 N–H and O–H groups in total. The Morgan fingerprint density at radius 3 is 2.26 bits per heavy atom. The fourth-order valence-electron chi connectivity index (χ4n) is 1.86. The van der Waals surface area contributed by atoms with Crippen LogP contribution in [0.25, 0.3) is 0 Å². The van der Waals surface area contributed by atoms with Crippen molar-refractivity contribution in [3.8, 4) is 0 Å². The smallest absolute Gasteiger partial charge is 0.341 e. The summed E-state index contributed by atoms with van der Waals surface area (Å²) in [6.07, 6.45) is 1.73. The second-order valence-electron chi connectivity index (χ2n) is 5.10. The molecule has 2 rings (SSSR count). The maximum atomic E-state index is 12.4. The van der Waals surface area contributed by atoms with Crippen molar-refractivity contribution in [3.63, 3.8) is 0 Å². The molecule has 0 fully saturated rings. The first-order valence-corrected chi connectivity index (χ1v) is 8.33. The molecule has 1 heterocycles. The van der Waals surface area contributed by atoms with Crippen LogP contribution in [0.3, 0.4) is 0 Å². The van der Waals surface area contributed by atoms with Crippen LogP contribution in [-0.4, -0.2) is 33.3 Å². The number of hydrogen-bond donors (Lipinski definition) is 1. The Labute approximate surface area is 133 Å². The summed E-state index contributed by atoms with van der Waals surface area (Å²) >= 11 is 0. The highest BCUT2D eigenvalue weighted by molar-refractivity contribution is 7.91. The van der Waals surface area contributed by atoms with Gasteiger partial charge in [0.1, 0.15) is 5.82 Å². The summed E-state index contributed by atoms with van der Waals surface area (Å²) in [5, 5.41) is 3.08. The summed E-state index contributed by atoms with van der Waals surface area (Å²) in [6.45, 7) is 0.488. The van der Waals surface area contributed by atoms with E-state index in [4.69, 9.17) is 0 Å². The lowest BCUT2D eigenvalue weighted by Gasteiger charge is -2.12. The average Bonchev–Trinajstić information content (AvgIpc) is 2.53. The van der Waals surface area contributed by atoms with Crippen molar-refractivity contribution in [1.82, 2.24) is 4.98 Å². The number of aromatic nitrogens is 1. The van der Waals surface area contributed by atoms with E-state index < -0.39 is 20.5 Å². The third-order valence-corrected chi connectivity index (χ3v) is 4.58. The SMILES string of the molecule is CN(C)c1ccc(CNc2ccc(S(=O)(=O)C(F)F)cc2)cn1. The molecule has 5 nitrogen and oxygen atoms in total. The van der Waals surface area contributed by atoms with Crippen molar-refractivity contribution >= 4 is 21.3 Å². The van der Waals surface area contributed by atoms with Crippen LogP contribution < -0.4 is 10.2 Å². The molecule has 2 aromatic rings. The Morgan fingerprint density at radius 2 is 1.78 bits per heavy atom. The predicted octanol–water partition coefficient (Wildman–Crippen LogP) is 2.76. The van der Waals surface area contributed by atoms with E-state index in [0.717, 1.165) is 23.5 Å². The Balaban J connectivity index is 2.02. The number of benzene rings is 1. The highest BCUT2D eigenvalue weighted by Crippen LogP contribution is 2.20. The van der Waals surface area contributed by atoms with Gasteiger partial charge >= 0.3 is 5.76 Å². The fourth-order valence-corrected chi connectivity index (χ4v) is 2.58. The molecule has 8 heteroatoms. The van der Waals surface area contributed by atoms with Gasteiger partial charge in [0.2, 0.25) is 9.84 Å². The minimum Gasteiger partial charge on any atom is -0.381 e. The van der Waals surface area contributed by atoms with E-state index in [2.05, 4.69) is 10.3 Å². The quantitative estimate of drug-likeness (QED) is 0.875.